The zero-order valence-corrected chi connectivity index (χ0v) is 6.60. The van der Waals surface area contributed by atoms with Crippen LogP contribution in [0, 0.1) is 0 Å². The lowest BCUT2D eigenvalue weighted by Crippen LogP contribution is -2.34. The van der Waals surface area contributed by atoms with Crippen LogP contribution in [0.4, 0.5) is 0 Å². The first-order valence-electron chi connectivity index (χ1n) is 3.32. The predicted molar refractivity (Wildman–Crippen MR) is 38.0 cm³/mol. The first-order chi connectivity index (χ1) is 4.70. The molecule has 0 heterocycles. The van der Waals surface area contributed by atoms with Crippen LogP contribution in [0.15, 0.2) is 0 Å². The van der Waals surface area contributed by atoms with Crippen LogP contribution < -0.4 is 10.8 Å². The van der Waals surface area contributed by atoms with Gasteiger partial charge in [-0.2, -0.15) is 0 Å². The summed E-state index contributed by atoms with van der Waals surface area (Å²) >= 11 is 0. The van der Waals surface area contributed by atoms with Crippen molar-refractivity contribution in [2.75, 3.05) is 7.05 Å². The summed E-state index contributed by atoms with van der Waals surface area (Å²) in [5.41, 5.74) is 2.28. The maximum atomic E-state index is 10.6. The van der Waals surface area contributed by atoms with E-state index in [-0.39, 0.29) is 12.1 Å². The molecule has 1 amide bonds. The van der Waals surface area contributed by atoms with Gasteiger partial charge in [-0.3, -0.25) is 14.9 Å². The summed E-state index contributed by atoms with van der Waals surface area (Å²) in [6.45, 7) is 3.57. The summed E-state index contributed by atoms with van der Waals surface area (Å²) < 4.78 is 0. The van der Waals surface area contributed by atoms with Crippen LogP contribution in [0.2, 0.25) is 0 Å². The van der Waals surface area contributed by atoms with E-state index >= 15 is 0 Å². The number of carbonyl (C=O) groups excluding carboxylic acids is 1. The lowest BCUT2D eigenvalue weighted by atomic mass is 10.5. The molecule has 1 atom stereocenters. The fourth-order valence-corrected chi connectivity index (χ4v) is 0.285. The molecule has 4 heteroatoms. The highest BCUT2D eigenvalue weighted by atomic mass is 16.7. The Morgan fingerprint density at radius 2 is 2.30 bits per heavy atom. The summed E-state index contributed by atoms with van der Waals surface area (Å²) in [7, 11) is 1.75. The number of hydrogen-bond acceptors (Lipinski definition) is 3. The van der Waals surface area contributed by atoms with Crippen LogP contribution in [0.3, 0.4) is 0 Å². The van der Waals surface area contributed by atoms with E-state index in [0.29, 0.717) is 6.42 Å². The van der Waals surface area contributed by atoms with Crippen LogP contribution >= 0.6 is 0 Å². The SMILES string of the molecule is CCC(=O)NOC(C)NC. The molecule has 0 aliphatic rings. The minimum absolute atomic E-state index is 0.109. The standard InChI is InChI=1S/C6H14N2O2/c1-4-6(9)8-10-5(2)7-3/h5,7H,4H2,1-3H3,(H,8,9). The van der Waals surface area contributed by atoms with Gasteiger partial charge in [0.05, 0.1) is 0 Å². The Labute approximate surface area is 60.9 Å². The van der Waals surface area contributed by atoms with Crippen molar-refractivity contribution in [3.8, 4) is 0 Å². The van der Waals surface area contributed by atoms with Gasteiger partial charge in [0.2, 0.25) is 5.91 Å². The average molecular weight is 146 g/mol. The molecule has 0 saturated carbocycles. The van der Waals surface area contributed by atoms with E-state index in [2.05, 4.69) is 10.8 Å². The number of amides is 1. The number of hydrogen-bond donors (Lipinski definition) is 2. The quantitative estimate of drug-likeness (QED) is 0.434. The van der Waals surface area contributed by atoms with Crippen molar-refractivity contribution in [2.24, 2.45) is 0 Å². The van der Waals surface area contributed by atoms with Gasteiger partial charge in [0, 0.05) is 6.42 Å². The molecule has 0 aromatic heterocycles. The van der Waals surface area contributed by atoms with Gasteiger partial charge in [-0.1, -0.05) is 6.92 Å². The van der Waals surface area contributed by atoms with Gasteiger partial charge in [-0.05, 0) is 14.0 Å². The van der Waals surface area contributed by atoms with Crippen LogP contribution in [0.25, 0.3) is 0 Å². The fraction of sp³-hybridized carbons (Fsp3) is 0.833. The Hall–Kier alpha value is -0.610. The molecule has 0 aromatic rings. The third-order valence-electron chi connectivity index (χ3n) is 1.08. The summed E-state index contributed by atoms with van der Waals surface area (Å²) in [6, 6.07) is 0. The molecular formula is C6H14N2O2. The normalized spacial score (nSPS) is 12.7. The zero-order valence-electron chi connectivity index (χ0n) is 6.60. The summed E-state index contributed by atoms with van der Waals surface area (Å²) in [5, 5.41) is 2.81. The monoisotopic (exact) mass is 146 g/mol. The second-order valence-electron chi connectivity index (χ2n) is 1.93. The Balaban J connectivity index is 3.26. The molecule has 0 rings (SSSR count). The molecule has 0 saturated heterocycles. The summed E-state index contributed by atoms with van der Waals surface area (Å²) in [4.78, 5) is 15.4. The number of carbonyl (C=O) groups is 1. The third kappa shape index (κ3) is 4.29. The Kier molecular flexibility index (Phi) is 4.88. The third-order valence-corrected chi connectivity index (χ3v) is 1.08. The Bertz CT molecular complexity index is 106. The van der Waals surface area contributed by atoms with Crippen molar-refractivity contribution in [2.45, 2.75) is 26.5 Å². The molecule has 1 unspecified atom stereocenters. The van der Waals surface area contributed by atoms with Gasteiger partial charge in [0.15, 0.2) is 0 Å². The van der Waals surface area contributed by atoms with Gasteiger partial charge < -0.3 is 0 Å². The molecule has 4 nitrogen and oxygen atoms in total. The summed E-state index contributed by atoms with van der Waals surface area (Å²) in [5.74, 6) is -0.109. The van der Waals surface area contributed by atoms with Gasteiger partial charge in [-0.15, -0.1) is 0 Å². The summed E-state index contributed by atoms with van der Waals surface area (Å²) in [6.07, 6.45) is 0.298. The van der Waals surface area contributed by atoms with Gasteiger partial charge in [0.1, 0.15) is 6.23 Å². The van der Waals surface area contributed by atoms with Crippen LogP contribution in [-0.2, 0) is 9.63 Å². The molecular weight excluding hydrogens is 132 g/mol. The second kappa shape index (κ2) is 5.20. The molecule has 0 bridgehead atoms. The maximum absolute atomic E-state index is 10.6. The first kappa shape index (κ1) is 9.39. The Morgan fingerprint density at radius 3 is 2.70 bits per heavy atom. The number of nitrogens with one attached hydrogen (secondary N) is 2. The fourth-order valence-electron chi connectivity index (χ4n) is 0.285. The highest BCUT2D eigenvalue weighted by Gasteiger charge is 1.99. The van der Waals surface area contributed by atoms with Crippen molar-refractivity contribution in [1.29, 1.82) is 0 Å². The van der Waals surface area contributed by atoms with Gasteiger partial charge in [0.25, 0.3) is 0 Å². The zero-order chi connectivity index (χ0) is 7.98. The number of rotatable bonds is 4. The van der Waals surface area contributed by atoms with Crippen molar-refractivity contribution >= 4 is 5.91 Å². The molecule has 0 aliphatic heterocycles. The second-order valence-corrected chi connectivity index (χ2v) is 1.93. The molecule has 10 heavy (non-hydrogen) atoms. The van der Waals surface area contributed by atoms with Crippen LogP contribution in [-0.4, -0.2) is 19.2 Å². The van der Waals surface area contributed by atoms with Crippen LogP contribution in [0.5, 0.6) is 0 Å². The van der Waals surface area contributed by atoms with E-state index in [1.54, 1.807) is 20.9 Å². The predicted octanol–water partition coefficient (Wildman–Crippen LogP) is 0.00960. The van der Waals surface area contributed by atoms with E-state index in [0.717, 1.165) is 0 Å². The van der Waals surface area contributed by atoms with E-state index in [4.69, 9.17) is 4.84 Å². The van der Waals surface area contributed by atoms with Crippen molar-refractivity contribution in [3.63, 3.8) is 0 Å². The van der Waals surface area contributed by atoms with E-state index in [9.17, 15) is 4.79 Å². The first-order valence-corrected chi connectivity index (χ1v) is 3.32. The molecule has 60 valence electrons. The lowest BCUT2D eigenvalue weighted by Gasteiger charge is -2.10. The van der Waals surface area contributed by atoms with Crippen molar-refractivity contribution < 1.29 is 9.63 Å². The van der Waals surface area contributed by atoms with E-state index < -0.39 is 0 Å². The van der Waals surface area contributed by atoms with E-state index in [1.165, 1.54) is 0 Å². The molecule has 0 radical (unpaired) electrons. The highest BCUT2D eigenvalue weighted by molar-refractivity contribution is 5.74. The smallest absolute Gasteiger partial charge is 0.243 e. The minimum Gasteiger partial charge on any atom is -0.293 e. The Morgan fingerprint density at radius 1 is 1.70 bits per heavy atom. The van der Waals surface area contributed by atoms with E-state index in [1.807, 2.05) is 0 Å². The topological polar surface area (TPSA) is 50.4 Å². The molecule has 0 aliphatic carbocycles. The van der Waals surface area contributed by atoms with Crippen LogP contribution in [0.1, 0.15) is 20.3 Å². The average Bonchev–Trinajstić information content (AvgIpc) is 1.99. The highest BCUT2D eigenvalue weighted by Crippen LogP contribution is 1.80. The van der Waals surface area contributed by atoms with Crippen molar-refractivity contribution in [3.05, 3.63) is 0 Å². The molecule has 0 fully saturated rings. The van der Waals surface area contributed by atoms with Gasteiger partial charge in [-0.25, -0.2) is 5.48 Å². The molecule has 0 aromatic carbocycles. The number of hydroxylamine groups is 1. The largest absolute Gasteiger partial charge is 0.293 e. The van der Waals surface area contributed by atoms with Crippen molar-refractivity contribution in [1.82, 2.24) is 10.8 Å². The van der Waals surface area contributed by atoms with Gasteiger partial charge >= 0.3 is 0 Å². The molecule has 2 N–H and O–H groups in total. The lowest BCUT2D eigenvalue weighted by molar-refractivity contribution is -0.138. The maximum Gasteiger partial charge on any atom is 0.243 e. The molecule has 0 spiro atoms. The minimum atomic E-state index is -0.143.